The zero-order valence-corrected chi connectivity index (χ0v) is 12.8. The van der Waals surface area contributed by atoms with Gasteiger partial charge in [-0.05, 0) is 59.4 Å². The third kappa shape index (κ3) is 2.74. The van der Waals surface area contributed by atoms with Crippen molar-refractivity contribution in [2.45, 2.75) is 37.8 Å². The molecule has 2 heterocycles. The molecule has 0 saturated carbocycles. The van der Waals surface area contributed by atoms with Crippen LogP contribution in [0.25, 0.3) is 0 Å². The van der Waals surface area contributed by atoms with Crippen molar-refractivity contribution in [3.05, 3.63) is 34.1 Å². The van der Waals surface area contributed by atoms with E-state index >= 15 is 0 Å². The van der Waals surface area contributed by atoms with Crippen LogP contribution in [-0.4, -0.2) is 36.0 Å². The summed E-state index contributed by atoms with van der Waals surface area (Å²) in [5.41, 5.74) is 0.861. The number of nitrogens with one attached hydrogen (secondary N) is 1. The van der Waals surface area contributed by atoms with E-state index in [2.05, 4.69) is 26.1 Å². The van der Waals surface area contributed by atoms with Crippen molar-refractivity contribution in [2.75, 3.05) is 13.1 Å². The number of benzene rings is 1. The Labute approximate surface area is 126 Å². The number of amides is 1. The highest BCUT2D eigenvalue weighted by molar-refractivity contribution is 9.10. The third-order valence-corrected chi connectivity index (χ3v) is 4.89. The molecular formula is C15H18BrFN2O. The van der Waals surface area contributed by atoms with Gasteiger partial charge in [-0.15, -0.1) is 0 Å². The number of hydrogen-bond acceptors (Lipinski definition) is 2. The number of rotatable bonds is 2. The quantitative estimate of drug-likeness (QED) is 0.896. The van der Waals surface area contributed by atoms with Crippen molar-refractivity contribution in [1.82, 2.24) is 10.2 Å². The summed E-state index contributed by atoms with van der Waals surface area (Å²) in [6, 6.07) is 5.51. The van der Waals surface area contributed by atoms with Gasteiger partial charge in [-0.2, -0.15) is 0 Å². The predicted molar refractivity (Wildman–Crippen MR) is 78.9 cm³/mol. The number of hydrogen-bond donors (Lipinski definition) is 1. The van der Waals surface area contributed by atoms with E-state index in [0.29, 0.717) is 23.0 Å². The van der Waals surface area contributed by atoms with Gasteiger partial charge >= 0.3 is 0 Å². The van der Waals surface area contributed by atoms with Crippen LogP contribution in [0.5, 0.6) is 0 Å². The zero-order valence-electron chi connectivity index (χ0n) is 11.2. The maximum absolute atomic E-state index is 13.2. The van der Waals surface area contributed by atoms with E-state index in [1.807, 2.05) is 0 Å². The number of carbonyl (C=O) groups is 1. The monoisotopic (exact) mass is 340 g/mol. The lowest BCUT2D eigenvalue weighted by atomic mass is 10.1. The molecule has 2 unspecified atom stereocenters. The van der Waals surface area contributed by atoms with Gasteiger partial charge in [-0.25, -0.2) is 4.39 Å². The fourth-order valence-corrected chi connectivity index (χ4v) is 3.73. The largest absolute Gasteiger partial charge is 0.335 e. The van der Waals surface area contributed by atoms with Crippen molar-refractivity contribution in [2.24, 2.45) is 0 Å². The van der Waals surface area contributed by atoms with E-state index in [1.54, 1.807) is 12.1 Å². The predicted octanol–water partition coefficient (Wildman–Crippen LogP) is 2.48. The van der Waals surface area contributed by atoms with Crippen molar-refractivity contribution in [3.8, 4) is 0 Å². The van der Waals surface area contributed by atoms with Gasteiger partial charge in [0.2, 0.25) is 5.91 Å². The second-order valence-corrected chi connectivity index (χ2v) is 6.46. The molecule has 0 aromatic heterocycles. The third-order valence-electron chi connectivity index (χ3n) is 4.28. The van der Waals surface area contributed by atoms with Crippen molar-refractivity contribution < 1.29 is 9.18 Å². The molecule has 2 bridgehead atoms. The van der Waals surface area contributed by atoms with E-state index in [1.165, 1.54) is 6.07 Å². The SMILES string of the molecule is O=C(Cc1ccc(F)c(Br)c1)N1C2CCNCC1CC2. The van der Waals surface area contributed by atoms with E-state index < -0.39 is 0 Å². The Morgan fingerprint density at radius 1 is 1.35 bits per heavy atom. The topological polar surface area (TPSA) is 32.3 Å². The molecule has 1 aromatic carbocycles. The standard InChI is InChI=1S/C15H18BrFN2O/c16-13-7-10(1-4-14(13)17)8-15(20)19-11-2-3-12(19)9-18-6-5-11/h1,4,7,11-12,18H,2-3,5-6,8-9H2. The molecule has 1 N–H and O–H groups in total. The normalized spacial score (nSPS) is 25.6. The molecule has 0 spiro atoms. The lowest BCUT2D eigenvalue weighted by Gasteiger charge is -2.28. The first-order valence-corrected chi connectivity index (χ1v) is 7.90. The van der Waals surface area contributed by atoms with Crippen molar-refractivity contribution >= 4 is 21.8 Å². The second-order valence-electron chi connectivity index (χ2n) is 5.60. The Morgan fingerprint density at radius 3 is 2.95 bits per heavy atom. The fraction of sp³-hybridized carbons (Fsp3) is 0.533. The Bertz CT molecular complexity index is 509. The Morgan fingerprint density at radius 2 is 2.15 bits per heavy atom. The molecule has 3 nitrogen and oxygen atoms in total. The molecule has 2 atom stereocenters. The summed E-state index contributed by atoms with van der Waals surface area (Å²) in [4.78, 5) is 14.6. The summed E-state index contributed by atoms with van der Waals surface area (Å²) in [7, 11) is 0. The highest BCUT2D eigenvalue weighted by Crippen LogP contribution is 2.29. The summed E-state index contributed by atoms with van der Waals surface area (Å²) < 4.78 is 13.6. The molecule has 0 radical (unpaired) electrons. The first-order chi connectivity index (χ1) is 9.65. The number of fused-ring (bicyclic) bond motifs is 2. The smallest absolute Gasteiger partial charge is 0.227 e. The van der Waals surface area contributed by atoms with Crippen LogP contribution in [0.3, 0.4) is 0 Å². The second kappa shape index (κ2) is 5.82. The van der Waals surface area contributed by atoms with Crippen LogP contribution in [0, 0.1) is 5.82 Å². The molecule has 2 fully saturated rings. The van der Waals surface area contributed by atoms with Gasteiger partial charge in [0.05, 0.1) is 10.9 Å². The van der Waals surface area contributed by atoms with Crippen molar-refractivity contribution in [1.29, 1.82) is 0 Å². The molecular weight excluding hydrogens is 323 g/mol. The van der Waals surface area contributed by atoms with Gasteiger partial charge < -0.3 is 10.2 Å². The molecule has 5 heteroatoms. The van der Waals surface area contributed by atoms with Gasteiger partial charge in [0, 0.05) is 18.6 Å². The minimum atomic E-state index is -0.291. The van der Waals surface area contributed by atoms with E-state index in [9.17, 15) is 9.18 Å². The minimum absolute atomic E-state index is 0.166. The van der Waals surface area contributed by atoms with Crippen LogP contribution in [0.1, 0.15) is 24.8 Å². The minimum Gasteiger partial charge on any atom is -0.335 e. The van der Waals surface area contributed by atoms with E-state index in [0.717, 1.165) is 37.9 Å². The molecule has 2 saturated heterocycles. The molecule has 2 aliphatic heterocycles. The summed E-state index contributed by atoms with van der Waals surface area (Å²) in [5.74, 6) is -0.125. The van der Waals surface area contributed by atoms with Gasteiger partial charge in [0.1, 0.15) is 5.82 Å². The molecule has 2 aliphatic rings. The van der Waals surface area contributed by atoms with Gasteiger partial charge in [0.15, 0.2) is 0 Å². The average molecular weight is 341 g/mol. The van der Waals surface area contributed by atoms with Crippen LogP contribution >= 0.6 is 15.9 Å². The molecule has 1 amide bonds. The van der Waals surface area contributed by atoms with Crippen LogP contribution in [0.15, 0.2) is 22.7 Å². The maximum atomic E-state index is 13.2. The van der Waals surface area contributed by atoms with E-state index in [-0.39, 0.29) is 11.7 Å². The average Bonchev–Trinajstić information content (AvgIpc) is 2.67. The van der Waals surface area contributed by atoms with Crippen LogP contribution < -0.4 is 5.32 Å². The maximum Gasteiger partial charge on any atom is 0.227 e. The molecule has 3 rings (SSSR count). The van der Waals surface area contributed by atoms with Crippen molar-refractivity contribution in [3.63, 3.8) is 0 Å². The lowest BCUT2D eigenvalue weighted by Crippen LogP contribution is -2.43. The highest BCUT2D eigenvalue weighted by atomic mass is 79.9. The molecule has 20 heavy (non-hydrogen) atoms. The molecule has 0 aliphatic carbocycles. The number of halogens is 2. The van der Waals surface area contributed by atoms with E-state index in [4.69, 9.17) is 0 Å². The number of nitrogens with zero attached hydrogens (tertiary/aromatic N) is 1. The summed E-state index contributed by atoms with van der Waals surface area (Å²) >= 11 is 3.17. The zero-order chi connectivity index (χ0) is 14.1. The first-order valence-electron chi connectivity index (χ1n) is 7.11. The summed E-state index contributed by atoms with van der Waals surface area (Å²) in [6.45, 7) is 1.89. The number of carbonyl (C=O) groups excluding carboxylic acids is 1. The first kappa shape index (κ1) is 14.0. The Kier molecular flexibility index (Phi) is 4.08. The Hall–Kier alpha value is -0.940. The molecule has 108 valence electrons. The Balaban J connectivity index is 1.73. The van der Waals surface area contributed by atoms with Crippen LogP contribution in [-0.2, 0) is 11.2 Å². The fourth-order valence-electron chi connectivity index (χ4n) is 3.31. The summed E-state index contributed by atoms with van der Waals surface area (Å²) in [6.07, 6.45) is 3.60. The van der Waals surface area contributed by atoms with Crippen LogP contribution in [0.4, 0.5) is 4.39 Å². The highest BCUT2D eigenvalue weighted by Gasteiger charge is 2.37. The van der Waals surface area contributed by atoms with Gasteiger partial charge in [-0.1, -0.05) is 6.07 Å². The van der Waals surface area contributed by atoms with Gasteiger partial charge in [-0.3, -0.25) is 4.79 Å². The summed E-state index contributed by atoms with van der Waals surface area (Å²) in [5, 5.41) is 3.39. The molecule has 1 aromatic rings. The van der Waals surface area contributed by atoms with Gasteiger partial charge in [0.25, 0.3) is 0 Å². The lowest BCUT2D eigenvalue weighted by molar-refractivity contribution is -0.133. The van der Waals surface area contributed by atoms with Crippen LogP contribution in [0.2, 0.25) is 0 Å².